The van der Waals surface area contributed by atoms with Crippen LogP contribution < -0.4 is 10.1 Å². The van der Waals surface area contributed by atoms with Crippen molar-refractivity contribution in [2.24, 2.45) is 0 Å². The second-order valence-corrected chi connectivity index (χ2v) is 9.65. The molecule has 1 aliphatic rings. The first kappa shape index (κ1) is 24.0. The van der Waals surface area contributed by atoms with Crippen LogP contribution in [0.3, 0.4) is 0 Å². The Labute approximate surface area is 213 Å². The Hall–Kier alpha value is -3.70. The van der Waals surface area contributed by atoms with Gasteiger partial charge in [-0.2, -0.15) is 0 Å². The topological polar surface area (TPSA) is 54.5 Å². The summed E-state index contributed by atoms with van der Waals surface area (Å²) in [4.78, 5) is 20.2. The van der Waals surface area contributed by atoms with Crippen LogP contribution in [0.2, 0.25) is 0 Å². The summed E-state index contributed by atoms with van der Waals surface area (Å²) in [5, 5.41) is 4.19. The molecule has 1 saturated heterocycles. The van der Waals surface area contributed by atoms with E-state index in [9.17, 15) is 4.79 Å². The number of rotatable bonds is 6. The van der Waals surface area contributed by atoms with Gasteiger partial charge in [0.1, 0.15) is 5.75 Å². The molecule has 36 heavy (non-hydrogen) atoms. The van der Waals surface area contributed by atoms with Crippen molar-refractivity contribution in [1.82, 2.24) is 9.88 Å². The third-order valence-corrected chi connectivity index (χ3v) is 7.01. The fourth-order valence-electron chi connectivity index (χ4n) is 4.90. The summed E-state index contributed by atoms with van der Waals surface area (Å²) in [7, 11) is 1.66. The number of nitrogens with one attached hydrogen (secondary N) is 1. The molecular formula is C31H33N3O2. The lowest BCUT2D eigenvalue weighted by Crippen LogP contribution is -2.24. The number of ether oxygens (including phenoxy) is 1. The van der Waals surface area contributed by atoms with Gasteiger partial charge in [-0.05, 0) is 97.6 Å². The van der Waals surface area contributed by atoms with Gasteiger partial charge in [0.05, 0.1) is 12.6 Å². The van der Waals surface area contributed by atoms with E-state index in [4.69, 9.17) is 9.72 Å². The van der Waals surface area contributed by atoms with Crippen molar-refractivity contribution in [3.8, 4) is 16.9 Å². The van der Waals surface area contributed by atoms with Crippen molar-refractivity contribution in [3.63, 3.8) is 0 Å². The summed E-state index contributed by atoms with van der Waals surface area (Å²) in [6.45, 7) is 5.32. The van der Waals surface area contributed by atoms with Crippen molar-refractivity contribution >= 4 is 22.5 Å². The van der Waals surface area contributed by atoms with Gasteiger partial charge in [0, 0.05) is 29.4 Å². The standard InChI is InChI=1S/C31H33N3O2/c1-22-17-27-18-23(21-34-15-5-3-4-6-16-34)20-32-30(27)19-29(22)33-31(35)26-9-7-24(8-10-26)25-11-13-28(36-2)14-12-25/h7-14,17-20H,3-6,15-16,21H2,1-2H3,(H,33,35). The van der Waals surface area contributed by atoms with Gasteiger partial charge in [-0.25, -0.2) is 0 Å². The van der Waals surface area contributed by atoms with Gasteiger partial charge in [0.25, 0.3) is 5.91 Å². The van der Waals surface area contributed by atoms with Crippen molar-refractivity contribution < 1.29 is 9.53 Å². The molecule has 0 bridgehead atoms. The number of aromatic nitrogens is 1. The molecule has 0 radical (unpaired) electrons. The highest BCUT2D eigenvalue weighted by atomic mass is 16.5. The molecule has 1 aliphatic heterocycles. The van der Waals surface area contributed by atoms with Crippen molar-refractivity contribution in [3.05, 3.63) is 89.6 Å². The molecule has 1 aromatic heterocycles. The lowest BCUT2D eigenvalue weighted by atomic mass is 10.0. The third-order valence-electron chi connectivity index (χ3n) is 7.01. The van der Waals surface area contributed by atoms with E-state index in [1.165, 1.54) is 44.3 Å². The average Bonchev–Trinajstić information content (AvgIpc) is 3.18. The molecule has 2 heterocycles. The van der Waals surface area contributed by atoms with E-state index in [0.717, 1.165) is 45.6 Å². The number of likely N-dealkylation sites (tertiary alicyclic amines) is 1. The maximum absolute atomic E-state index is 13.0. The number of aryl methyl sites for hydroxylation is 1. The highest BCUT2D eigenvalue weighted by Crippen LogP contribution is 2.26. The van der Waals surface area contributed by atoms with Crippen LogP contribution in [0.5, 0.6) is 5.75 Å². The van der Waals surface area contributed by atoms with Gasteiger partial charge >= 0.3 is 0 Å². The Morgan fingerprint density at radius 3 is 2.25 bits per heavy atom. The molecule has 0 saturated carbocycles. The number of fused-ring (bicyclic) bond motifs is 1. The highest BCUT2D eigenvalue weighted by molar-refractivity contribution is 6.05. The average molecular weight is 480 g/mol. The second-order valence-electron chi connectivity index (χ2n) is 9.65. The van der Waals surface area contributed by atoms with Crippen LogP contribution in [0.1, 0.15) is 47.2 Å². The lowest BCUT2D eigenvalue weighted by Gasteiger charge is -2.19. The highest BCUT2D eigenvalue weighted by Gasteiger charge is 2.13. The van der Waals surface area contributed by atoms with E-state index in [2.05, 4.69) is 22.3 Å². The summed E-state index contributed by atoms with van der Waals surface area (Å²) in [5.74, 6) is 0.695. The van der Waals surface area contributed by atoms with Gasteiger partial charge < -0.3 is 10.1 Å². The number of pyridine rings is 1. The van der Waals surface area contributed by atoms with Crippen molar-refractivity contribution in [2.75, 3.05) is 25.5 Å². The summed E-state index contributed by atoms with van der Waals surface area (Å²) < 4.78 is 5.23. The van der Waals surface area contributed by atoms with Gasteiger partial charge in [-0.15, -0.1) is 0 Å². The van der Waals surface area contributed by atoms with E-state index in [1.54, 1.807) is 7.11 Å². The smallest absolute Gasteiger partial charge is 0.255 e. The normalized spacial score (nSPS) is 14.4. The van der Waals surface area contributed by atoms with Gasteiger partial charge in [-0.3, -0.25) is 14.7 Å². The Morgan fingerprint density at radius 1 is 0.917 bits per heavy atom. The summed E-state index contributed by atoms with van der Waals surface area (Å²) in [6, 6.07) is 21.9. The van der Waals surface area contributed by atoms with Gasteiger partial charge in [0.15, 0.2) is 0 Å². The Bertz CT molecular complexity index is 1340. The van der Waals surface area contributed by atoms with Gasteiger partial charge in [-0.1, -0.05) is 37.1 Å². The molecule has 4 aromatic rings. The van der Waals surface area contributed by atoms with Gasteiger partial charge in [0.2, 0.25) is 0 Å². The number of carbonyl (C=O) groups excluding carboxylic acids is 1. The molecule has 0 aliphatic carbocycles. The molecule has 1 fully saturated rings. The number of methoxy groups -OCH3 is 1. The lowest BCUT2D eigenvalue weighted by molar-refractivity contribution is 0.102. The van der Waals surface area contributed by atoms with E-state index in [0.29, 0.717) is 5.56 Å². The van der Waals surface area contributed by atoms with Crippen LogP contribution in [0.25, 0.3) is 22.0 Å². The predicted octanol–water partition coefficient (Wildman–Crippen LogP) is 6.85. The summed E-state index contributed by atoms with van der Waals surface area (Å²) in [5.41, 5.74) is 6.71. The predicted molar refractivity (Wildman–Crippen MR) is 147 cm³/mol. The van der Waals surface area contributed by atoms with Crippen LogP contribution in [-0.2, 0) is 6.54 Å². The summed E-state index contributed by atoms with van der Waals surface area (Å²) >= 11 is 0. The van der Waals surface area contributed by atoms with Crippen LogP contribution in [0, 0.1) is 6.92 Å². The van der Waals surface area contributed by atoms with E-state index in [-0.39, 0.29) is 5.91 Å². The zero-order valence-electron chi connectivity index (χ0n) is 21.1. The number of hydrogen-bond acceptors (Lipinski definition) is 4. The molecule has 1 amide bonds. The molecule has 0 unspecified atom stereocenters. The quantitative estimate of drug-likeness (QED) is 0.329. The molecule has 5 heteroatoms. The van der Waals surface area contributed by atoms with Crippen LogP contribution >= 0.6 is 0 Å². The molecule has 1 N–H and O–H groups in total. The maximum atomic E-state index is 13.0. The first-order valence-electron chi connectivity index (χ1n) is 12.8. The number of benzene rings is 3. The number of carbonyl (C=O) groups is 1. The number of anilines is 1. The van der Waals surface area contributed by atoms with Crippen LogP contribution in [0.15, 0.2) is 72.9 Å². The maximum Gasteiger partial charge on any atom is 0.255 e. The molecular weight excluding hydrogens is 446 g/mol. The zero-order valence-corrected chi connectivity index (χ0v) is 21.1. The Balaban J connectivity index is 1.28. The first-order valence-corrected chi connectivity index (χ1v) is 12.8. The third kappa shape index (κ3) is 5.58. The molecule has 5 nitrogen and oxygen atoms in total. The largest absolute Gasteiger partial charge is 0.497 e. The fourth-order valence-corrected chi connectivity index (χ4v) is 4.90. The van der Waals surface area contributed by atoms with E-state index in [1.807, 2.05) is 67.7 Å². The van der Waals surface area contributed by atoms with Crippen LogP contribution in [-0.4, -0.2) is 36.0 Å². The molecule has 3 aromatic carbocycles. The molecule has 184 valence electrons. The molecule has 5 rings (SSSR count). The zero-order chi connectivity index (χ0) is 24.9. The van der Waals surface area contributed by atoms with Crippen LogP contribution in [0.4, 0.5) is 5.69 Å². The molecule has 0 atom stereocenters. The van der Waals surface area contributed by atoms with Crippen molar-refractivity contribution in [1.29, 1.82) is 0 Å². The number of amides is 1. The monoisotopic (exact) mass is 479 g/mol. The second kappa shape index (κ2) is 10.9. The minimum absolute atomic E-state index is 0.128. The SMILES string of the molecule is COc1ccc(-c2ccc(C(=O)Nc3cc4ncc(CN5CCCCCC5)cc4cc3C)cc2)cc1. The molecule has 0 spiro atoms. The Kier molecular flexibility index (Phi) is 7.28. The fraction of sp³-hybridized carbons (Fsp3) is 0.290. The van der Waals surface area contributed by atoms with E-state index < -0.39 is 0 Å². The minimum Gasteiger partial charge on any atom is -0.497 e. The van der Waals surface area contributed by atoms with Crippen molar-refractivity contribution in [2.45, 2.75) is 39.2 Å². The minimum atomic E-state index is -0.128. The van der Waals surface area contributed by atoms with E-state index >= 15 is 0 Å². The number of hydrogen-bond donors (Lipinski definition) is 1. The number of nitrogens with zero attached hydrogens (tertiary/aromatic N) is 2. The Morgan fingerprint density at radius 2 is 1.58 bits per heavy atom. The summed E-state index contributed by atoms with van der Waals surface area (Å²) in [6.07, 6.45) is 7.23. The first-order chi connectivity index (χ1) is 17.6.